The molecule has 0 aliphatic carbocycles. The quantitative estimate of drug-likeness (QED) is 0.691. The summed E-state index contributed by atoms with van der Waals surface area (Å²) in [5, 5.41) is 2.67. The lowest BCUT2D eigenvalue weighted by atomic mass is 10.2. The minimum absolute atomic E-state index is 0.000293. The van der Waals surface area contributed by atoms with Crippen LogP contribution in [0.4, 0.5) is 13.2 Å². The van der Waals surface area contributed by atoms with Gasteiger partial charge in [0.15, 0.2) is 6.61 Å². The fourth-order valence-electron chi connectivity index (χ4n) is 3.36. The van der Waals surface area contributed by atoms with Gasteiger partial charge in [-0.1, -0.05) is 18.2 Å². The Morgan fingerprint density at radius 2 is 1.97 bits per heavy atom. The van der Waals surface area contributed by atoms with Gasteiger partial charge in [0.1, 0.15) is 6.04 Å². The Labute approximate surface area is 178 Å². The molecule has 1 unspecified atom stereocenters. The summed E-state index contributed by atoms with van der Waals surface area (Å²) < 4.78 is 68.7. The minimum Gasteiger partial charge on any atom is -0.468 e. The van der Waals surface area contributed by atoms with Crippen LogP contribution in [0.25, 0.3) is 0 Å². The highest BCUT2D eigenvalue weighted by Crippen LogP contribution is 2.26. The number of hydrogen-bond donors (Lipinski definition) is 1. The number of rotatable bonds is 7. The molecule has 1 aliphatic heterocycles. The Bertz CT molecular complexity index is 1030. The van der Waals surface area contributed by atoms with Crippen molar-refractivity contribution in [1.82, 2.24) is 14.6 Å². The first-order valence-electron chi connectivity index (χ1n) is 9.58. The molecular formula is C20H22F3N3O4S. The van der Waals surface area contributed by atoms with Gasteiger partial charge in [0.2, 0.25) is 21.8 Å². The summed E-state index contributed by atoms with van der Waals surface area (Å²) in [4.78, 5) is 16.7. The number of sulfonamides is 1. The van der Waals surface area contributed by atoms with Crippen LogP contribution in [0.2, 0.25) is 0 Å². The Balaban J connectivity index is 1.67. The fourth-order valence-corrected chi connectivity index (χ4v) is 5.04. The van der Waals surface area contributed by atoms with Gasteiger partial charge in [0.05, 0.1) is 4.90 Å². The van der Waals surface area contributed by atoms with E-state index in [0.29, 0.717) is 24.1 Å². The molecule has 0 saturated carbocycles. The number of amides is 1. The van der Waals surface area contributed by atoms with Gasteiger partial charge < -0.3 is 10.1 Å². The molecule has 11 heteroatoms. The second-order valence-electron chi connectivity index (χ2n) is 7.16. The van der Waals surface area contributed by atoms with Crippen LogP contribution < -0.4 is 10.1 Å². The number of carbonyl (C=O) groups is 1. The van der Waals surface area contributed by atoms with Crippen molar-refractivity contribution >= 4 is 15.9 Å². The number of hydrogen-bond acceptors (Lipinski definition) is 5. The van der Waals surface area contributed by atoms with Crippen LogP contribution in [-0.2, 0) is 21.4 Å². The number of aromatic nitrogens is 1. The predicted octanol–water partition coefficient (Wildman–Crippen LogP) is 2.80. The van der Waals surface area contributed by atoms with Crippen molar-refractivity contribution in [2.45, 2.75) is 43.4 Å². The number of aryl methyl sites for hydroxylation is 1. The second kappa shape index (κ2) is 9.23. The highest BCUT2D eigenvalue weighted by Gasteiger charge is 2.39. The van der Waals surface area contributed by atoms with Crippen molar-refractivity contribution in [3.8, 4) is 5.88 Å². The molecular weight excluding hydrogens is 435 g/mol. The molecule has 0 spiro atoms. The number of nitrogens with one attached hydrogen (secondary N) is 1. The van der Waals surface area contributed by atoms with E-state index >= 15 is 0 Å². The average molecular weight is 457 g/mol. The van der Waals surface area contributed by atoms with E-state index in [1.54, 1.807) is 31.2 Å². The molecule has 1 atom stereocenters. The Hall–Kier alpha value is -2.66. The summed E-state index contributed by atoms with van der Waals surface area (Å²) in [7, 11) is -3.81. The number of nitrogens with zero attached hydrogens (tertiary/aromatic N) is 2. The van der Waals surface area contributed by atoms with Crippen molar-refractivity contribution in [2.24, 2.45) is 0 Å². The summed E-state index contributed by atoms with van der Waals surface area (Å²) in [5.41, 5.74) is 0.923. The molecule has 3 rings (SSSR count). The normalized spacial score (nSPS) is 17.5. The zero-order chi connectivity index (χ0) is 22.6. The first-order valence-corrected chi connectivity index (χ1v) is 11.0. The smallest absolute Gasteiger partial charge is 0.422 e. The van der Waals surface area contributed by atoms with Crippen molar-refractivity contribution in [1.29, 1.82) is 0 Å². The van der Waals surface area contributed by atoms with E-state index in [2.05, 4.69) is 15.0 Å². The van der Waals surface area contributed by atoms with E-state index in [4.69, 9.17) is 0 Å². The van der Waals surface area contributed by atoms with Gasteiger partial charge in [-0.3, -0.25) is 4.79 Å². The molecule has 7 nitrogen and oxygen atoms in total. The van der Waals surface area contributed by atoms with E-state index < -0.39 is 34.8 Å². The van der Waals surface area contributed by atoms with Gasteiger partial charge >= 0.3 is 6.18 Å². The Morgan fingerprint density at radius 1 is 1.26 bits per heavy atom. The molecule has 0 bridgehead atoms. The lowest BCUT2D eigenvalue weighted by Crippen LogP contribution is -2.45. The maximum absolute atomic E-state index is 12.9. The molecule has 1 aliphatic rings. The molecule has 1 fully saturated rings. The lowest BCUT2D eigenvalue weighted by Gasteiger charge is -2.23. The van der Waals surface area contributed by atoms with Crippen LogP contribution in [-0.4, -0.2) is 49.0 Å². The van der Waals surface area contributed by atoms with Crippen LogP contribution in [0.3, 0.4) is 0 Å². The monoisotopic (exact) mass is 457 g/mol. The standard InChI is InChI=1S/C20H22F3N3O4S/c1-14-10-15(11-18(25-14)30-13-20(21,22)23)12-24-19(27)17-8-5-9-26(17)31(28,29)16-6-3-2-4-7-16/h2-4,6-7,10-11,17H,5,8-9,12-13H2,1H3,(H,24,27). The Morgan fingerprint density at radius 3 is 2.65 bits per heavy atom. The third-order valence-corrected chi connectivity index (χ3v) is 6.62. The zero-order valence-corrected chi connectivity index (χ0v) is 17.5. The zero-order valence-electron chi connectivity index (χ0n) is 16.7. The number of halogens is 3. The molecule has 2 aromatic rings. The van der Waals surface area contributed by atoms with Gasteiger partial charge in [0, 0.05) is 24.8 Å². The highest BCUT2D eigenvalue weighted by molar-refractivity contribution is 7.89. The van der Waals surface area contributed by atoms with Crippen molar-refractivity contribution in [3.05, 3.63) is 53.7 Å². The summed E-state index contributed by atoms with van der Waals surface area (Å²) >= 11 is 0. The maximum Gasteiger partial charge on any atom is 0.422 e. The van der Waals surface area contributed by atoms with Crippen LogP contribution >= 0.6 is 0 Å². The average Bonchev–Trinajstić information content (AvgIpc) is 3.21. The van der Waals surface area contributed by atoms with E-state index in [-0.39, 0.29) is 23.9 Å². The second-order valence-corrected chi connectivity index (χ2v) is 9.05. The SMILES string of the molecule is Cc1cc(CNC(=O)C2CCCN2S(=O)(=O)c2ccccc2)cc(OCC(F)(F)F)n1. The van der Waals surface area contributed by atoms with Crippen molar-refractivity contribution in [2.75, 3.05) is 13.2 Å². The summed E-state index contributed by atoms with van der Waals surface area (Å²) in [5.74, 6) is -0.667. The van der Waals surface area contributed by atoms with Crippen LogP contribution in [0.5, 0.6) is 5.88 Å². The number of pyridine rings is 1. The predicted molar refractivity (Wildman–Crippen MR) is 106 cm³/mol. The summed E-state index contributed by atoms with van der Waals surface area (Å²) in [6.07, 6.45) is -3.56. The maximum atomic E-state index is 12.9. The van der Waals surface area contributed by atoms with Crippen LogP contribution in [0, 0.1) is 6.92 Å². The fraction of sp³-hybridized carbons (Fsp3) is 0.400. The van der Waals surface area contributed by atoms with E-state index in [1.807, 2.05) is 0 Å². The molecule has 0 radical (unpaired) electrons. The first-order chi connectivity index (χ1) is 14.6. The van der Waals surface area contributed by atoms with Crippen molar-refractivity contribution in [3.63, 3.8) is 0 Å². The third-order valence-electron chi connectivity index (χ3n) is 4.70. The molecule has 2 heterocycles. The minimum atomic E-state index is -4.49. The van der Waals surface area contributed by atoms with Gasteiger partial charge in [-0.2, -0.15) is 17.5 Å². The first kappa shape index (κ1) is 23.0. The van der Waals surface area contributed by atoms with E-state index in [9.17, 15) is 26.4 Å². The molecule has 31 heavy (non-hydrogen) atoms. The van der Waals surface area contributed by atoms with Crippen LogP contribution in [0.15, 0.2) is 47.4 Å². The van der Waals surface area contributed by atoms with Gasteiger partial charge in [-0.15, -0.1) is 0 Å². The summed E-state index contributed by atoms with van der Waals surface area (Å²) in [6, 6.07) is 9.95. The number of alkyl halides is 3. The topological polar surface area (TPSA) is 88.6 Å². The highest BCUT2D eigenvalue weighted by atomic mass is 32.2. The Kier molecular flexibility index (Phi) is 6.85. The molecule has 1 N–H and O–H groups in total. The number of carbonyl (C=O) groups excluding carboxylic acids is 1. The van der Waals surface area contributed by atoms with Crippen LogP contribution in [0.1, 0.15) is 24.1 Å². The third kappa shape index (κ3) is 5.95. The molecule has 1 amide bonds. The number of benzene rings is 1. The molecule has 168 valence electrons. The molecule has 1 aromatic carbocycles. The lowest BCUT2D eigenvalue weighted by molar-refractivity contribution is -0.154. The van der Waals surface area contributed by atoms with Gasteiger partial charge in [-0.25, -0.2) is 13.4 Å². The van der Waals surface area contributed by atoms with E-state index in [0.717, 1.165) is 0 Å². The molecule has 1 aromatic heterocycles. The van der Waals surface area contributed by atoms with Gasteiger partial charge in [-0.05, 0) is 43.5 Å². The number of ether oxygens (including phenoxy) is 1. The van der Waals surface area contributed by atoms with E-state index in [1.165, 1.54) is 22.5 Å². The largest absolute Gasteiger partial charge is 0.468 e. The van der Waals surface area contributed by atoms with Gasteiger partial charge in [0.25, 0.3) is 0 Å². The summed E-state index contributed by atoms with van der Waals surface area (Å²) in [6.45, 7) is 0.361. The molecule has 1 saturated heterocycles. The van der Waals surface area contributed by atoms with Crippen molar-refractivity contribution < 1.29 is 31.1 Å².